The molecular weight excluding hydrogens is 383 g/mol. The number of urea groups is 1. The molecule has 1 fully saturated rings. The molecule has 0 radical (unpaired) electrons. The summed E-state index contributed by atoms with van der Waals surface area (Å²) in [5.41, 5.74) is 0.177. The van der Waals surface area contributed by atoms with Crippen molar-refractivity contribution in [1.82, 2.24) is 0 Å². The van der Waals surface area contributed by atoms with Crippen molar-refractivity contribution >= 4 is 34.7 Å². The van der Waals surface area contributed by atoms with Gasteiger partial charge >= 0.3 is 12.2 Å². The third-order valence-electron chi connectivity index (χ3n) is 4.01. The SMILES string of the molecule is O=C(Nc1cccc(Cl)c1)Nc1cc(C(F)(F)F)ccc1N1CCOCC1. The van der Waals surface area contributed by atoms with Gasteiger partial charge in [-0.05, 0) is 36.4 Å². The fourth-order valence-corrected chi connectivity index (χ4v) is 2.93. The van der Waals surface area contributed by atoms with E-state index in [1.165, 1.54) is 12.1 Å². The summed E-state index contributed by atoms with van der Waals surface area (Å²) in [5.74, 6) is 0. The smallest absolute Gasteiger partial charge is 0.378 e. The predicted octanol–water partition coefficient (Wildman–Crippen LogP) is 4.84. The van der Waals surface area contributed by atoms with Gasteiger partial charge in [-0.2, -0.15) is 13.2 Å². The minimum absolute atomic E-state index is 0.0752. The van der Waals surface area contributed by atoms with E-state index < -0.39 is 17.8 Å². The molecule has 0 aromatic heterocycles. The number of anilines is 3. The second-order valence-electron chi connectivity index (χ2n) is 5.92. The highest BCUT2D eigenvalue weighted by atomic mass is 35.5. The molecule has 2 N–H and O–H groups in total. The average Bonchev–Trinajstić information content (AvgIpc) is 2.61. The highest BCUT2D eigenvalue weighted by Crippen LogP contribution is 2.35. The molecule has 2 aromatic carbocycles. The lowest BCUT2D eigenvalue weighted by molar-refractivity contribution is -0.137. The Hall–Kier alpha value is -2.45. The van der Waals surface area contributed by atoms with Crippen LogP contribution in [0.5, 0.6) is 0 Å². The van der Waals surface area contributed by atoms with Crippen LogP contribution < -0.4 is 15.5 Å². The van der Waals surface area contributed by atoms with Crippen molar-refractivity contribution in [1.29, 1.82) is 0 Å². The molecule has 0 spiro atoms. The number of ether oxygens (including phenoxy) is 1. The van der Waals surface area contributed by atoms with Crippen molar-refractivity contribution < 1.29 is 22.7 Å². The Morgan fingerprint density at radius 2 is 1.81 bits per heavy atom. The molecule has 1 heterocycles. The number of halogens is 4. The lowest BCUT2D eigenvalue weighted by Crippen LogP contribution is -2.37. The lowest BCUT2D eigenvalue weighted by Gasteiger charge is -2.31. The Morgan fingerprint density at radius 1 is 1.07 bits per heavy atom. The van der Waals surface area contributed by atoms with Gasteiger partial charge in [-0.3, -0.25) is 0 Å². The molecule has 5 nitrogen and oxygen atoms in total. The van der Waals surface area contributed by atoms with Crippen molar-refractivity contribution in [3.8, 4) is 0 Å². The van der Waals surface area contributed by atoms with Gasteiger partial charge in [0, 0.05) is 23.8 Å². The maximum absolute atomic E-state index is 13.1. The van der Waals surface area contributed by atoms with Crippen molar-refractivity contribution in [2.45, 2.75) is 6.18 Å². The summed E-state index contributed by atoms with van der Waals surface area (Å²) in [5, 5.41) is 5.50. The third-order valence-corrected chi connectivity index (χ3v) is 4.24. The van der Waals surface area contributed by atoms with E-state index in [0.29, 0.717) is 42.7 Å². The molecule has 3 rings (SSSR count). The summed E-state index contributed by atoms with van der Waals surface area (Å²) < 4.78 is 44.6. The molecule has 1 aliphatic heterocycles. The number of carbonyl (C=O) groups excluding carboxylic acids is 1. The van der Waals surface area contributed by atoms with Gasteiger partial charge in [0.1, 0.15) is 0 Å². The van der Waals surface area contributed by atoms with E-state index in [1.807, 2.05) is 4.90 Å². The average molecular weight is 400 g/mol. The molecule has 1 aliphatic rings. The van der Waals surface area contributed by atoms with Gasteiger partial charge in [0.2, 0.25) is 0 Å². The summed E-state index contributed by atoms with van der Waals surface area (Å²) in [6.45, 7) is 1.98. The highest BCUT2D eigenvalue weighted by Gasteiger charge is 2.32. The van der Waals surface area contributed by atoms with E-state index in [0.717, 1.165) is 12.1 Å². The molecule has 0 atom stereocenters. The number of carbonyl (C=O) groups is 1. The molecule has 9 heteroatoms. The Bertz CT molecular complexity index is 824. The normalized spacial score (nSPS) is 14.7. The van der Waals surface area contributed by atoms with Crippen LogP contribution in [-0.2, 0) is 10.9 Å². The van der Waals surface area contributed by atoms with Gasteiger partial charge in [-0.1, -0.05) is 17.7 Å². The fraction of sp³-hybridized carbons (Fsp3) is 0.278. The Morgan fingerprint density at radius 3 is 2.48 bits per heavy atom. The minimum atomic E-state index is -4.51. The third kappa shape index (κ3) is 5.05. The molecule has 27 heavy (non-hydrogen) atoms. The van der Waals surface area contributed by atoms with Crippen molar-refractivity contribution in [3.05, 3.63) is 53.1 Å². The van der Waals surface area contributed by atoms with E-state index in [9.17, 15) is 18.0 Å². The van der Waals surface area contributed by atoms with Crippen LogP contribution in [0.2, 0.25) is 5.02 Å². The number of rotatable bonds is 3. The first kappa shape index (κ1) is 19.3. The topological polar surface area (TPSA) is 53.6 Å². The van der Waals surface area contributed by atoms with Gasteiger partial charge in [0.15, 0.2) is 0 Å². The second kappa shape index (κ2) is 8.06. The van der Waals surface area contributed by atoms with E-state index in [-0.39, 0.29) is 5.69 Å². The second-order valence-corrected chi connectivity index (χ2v) is 6.36. The Kier molecular flexibility index (Phi) is 5.76. The molecule has 0 unspecified atom stereocenters. The van der Waals surface area contributed by atoms with E-state index in [1.54, 1.807) is 18.2 Å². The predicted molar refractivity (Wildman–Crippen MR) is 98.6 cm³/mol. The van der Waals surface area contributed by atoms with Crippen molar-refractivity contribution in [2.75, 3.05) is 41.8 Å². The molecule has 0 bridgehead atoms. The van der Waals surface area contributed by atoms with Crippen molar-refractivity contribution in [3.63, 3.8) is 0 Å². The Balaban J connectivity index is 1.85. The molecular formula is C18H17ClF3N3O2. The first-order valence-corrected chi connectivity index (χ1v) is 8.58. The molecule has 144 valence electrons. The fourth-order valence-electron chi connectivity index (χ4n) is 2.74. The van der Waals surface area contributed by atoms with E-state index in [4.69, 9.17) is 16.3 Å². The molecule has 2 aromatic rings. The lowest BCUT2D eigenvalue weighted by atomic mass is 10.1. The van der Waals surface area contributed by atoms with E-state index in [2.05, 4.69) is 10.6 Å². The Labute approximate surface area is 159 Å². The summed E-state index contributed by atoms with van der Waals surface area (Å²) >= 11 is 5.87. The maximum Gasteiger partial charge on any atom is 0.416 e. The number of morpholine rings is 1. The van der Waals surface area contributed by atoms with Gasteiger partial charge in [0.05, 0.1) is 30.2 Å². The van der Waals surface area contributed by atoms with Crippen LogP contribution >= 0.6 is 11.6 Å². The van der Waals surface area contributed by atoms with Crippen LogP contribution in [0, 0.1) is 0 Å². The first-order valence-electron chi connectivity index (χ1n) is 8.20. The van der Waals surface area contributed by atoms with Gasteiger partial charge < -0.3 is 20.3 Å². The van der Waals surface area contributed by atoms with Crippen LogP contribution in [0.1, 0.15) is 5.56 Å². The minimum Gasteiger partial charge on any atom is -0.378 e. The van der Waals surface area contributed by atoms with Gasteiger partial charge in [-0.15, -0.1) is 0 Å². The van der Waals surface area contributed by atoms with Gasteiger partial charge in [0.25, 0.3) is 0 Å². The van der Waals surface area contributed by atoms with Crippen LogP contribution in [-0.4, -0.2) is 32.3 Å². The molecule has 0 aliphatic carbocycles. The summed E-state index contributed by atoms with van der Waals surface area (Å²) in [6.07, 6.45) is -4.51. The standard InChI is InChI=1S/C18H17ClF3N3O2/c19-13-2-1-3-14(11-13)23-17(26)24-15-10-12(18(20,21)22)4-5-16(15)25-6-8-27-9-7-25/h1-5,10-11H,6-9H2,(H2,23,24,26). The number of nitrogens with zero attached hydrogens (tertiary/aromatic N) is 1. The number of alkyl halides is 3. The number of hydrogen-bond donors (Lipinski definition) is 2. The highest BCUT2D eigenvalue weighted by molar-refractivity contribution is 6.30. The van der Waals surface area contributed by atoms with Crippen LogP contribution in [0.3, 0.4) is 0 Å². The number of amides is 2. The zero-order valence-electron chi connectivity index (χ0n) is 14.1. The summed E-state index contributed by atoms with van der Waals surface area (Å²) in [4.78, 5) is 14.2. The molecule has 2 amide bonds. The number of nitrogens with one attached hydrogen (secondary N) is 2. The quantitative estimate of drug-likeness (QED) is 0.776. The monoisotopic (exact) mass is 399 g/mol. The van der Waals surface area contributed by atoms with Crippen molar-refractivity contribution in [2.24, 2.45) is 0 Å². The van der Waals surface area contributed by atoms with E-state index >= 15 is 0 Å². The van der Waals surface area contributed by atoms with Crippen LogP contribution in [0.4, 0.5) is 35.0 Å². The molecule has 0 saturated carbocycles. The van der Waals surface area contributed by atoms with Crippen LogP contribution in [0.25, 0.3) is 0 Å². The van der Waals surface area contributed by atoms with Crippen LogP contribution in [0.15, 0.2) is 42.5 Å². The zero-order chi connectivity index (χ0) is 19.4. The number of hydrogen-bond acceptors (Lipinski definition) is 3. The zero-order valence-corrected chi connectivity index (χ0v) is 14.9. The summed E-state index contributed by atoms with van der Waals surface area (Å²) in [7, 11) is 0. The first-order chi connectivity index (χ1) is 12.8. The van der Waals surface area contributed by atoms with Gasteiger partial charge in [-0.25, -0.2) is 4.79 Å². The molecule has 1 saturated heterocycles. The number of benzene rings is 2. The largest absolute Gasteiger partial charge is 0.416 e. The summed E-state index contributed by atoms with van der Waals surface area (Å²) in [6, 6.07) is 9.11. The maximum atomic E-state index is 13.1.